The molecule has 4 heterocycles. The van der Waals surface area contributed by atoms with Crippen molar-refractivity contribution in [2.75, 3.05) is 26.1 Å². The van der Waals surface area contributed by atoms with Crippen LogP contribution in [0.3, 0.4) is 0 Å². The fraction of sp³-hybridized carbons (Fsp3) is 0.318. The summed E-state index contributed by atoms with van der Waals surface area (Å²) >= 11 is 6.28. The second kappa shape index (κ2) is 7.86. The van der Waals surface area contributed by atoms with E-state index in [9.17, 15) is 4.79 Å². The van der Waals surface area contributed by atoms with Crippen LogP contribution in [0.15, 0.2) is 30.3 Å². The summed E-state index contributed by atoms with van der Waals surface area (Å²) < 4.78 is 13.0. The summed E-state index contributed by atoms with van der Waals surface area (Å²) in [6.45, 7) is 2.48. The van der Waals surface area contributed by atoms with Gasteiger partial charge in [0.25, 0.3) is 5.91 Å². The number of aromatic nitrogens is 3. The zero-order chi connectivity index (χ0) is 21.5. The molecule has 8 nitrogen and oxygen atoms in total. The molecule has 31 heavy (non-hydrogen) atoms. The molecule has 0 spiro atoms. The molecule has 9 heteroatoms. The maximum atomic E-state index is 12.8. The highest BCUT2D eigenvalue weighted by Crippen LogP contribution is 2.37. The van der Waals surface area contributed by atoms with Gasteiger partial charge in [-0.25, -0.2) is 0 Å². The van der Waals surface area contributed by atoms with Crippen molar-refractivity contribution in [1.29, 1.82) is 0 Å². The third-order valence-electron chi connectivity index (χ3n) is 5.51. The summed E-state index contributed by atoms with van der Waals surface area (Å²) in [6.07, 6.45) is 0.562. The van der Waals surface area contributed by atoms with Crippen molar-refractivity contribution < 1.29 is 14.3 Å². The second-order valence-corrected chi connectivity index (χ2v) is 8.08. The van der Waals surface area contributed by atoms with Gasteiger partial charge in [0, 0.05) is 19.2 Å². The molecule has 2 aromatic heterocycles. The fourth-order valence-electron chi connectivity index (χ4n) is 4.07. The summed E-state index contributed by atoms with van der Waals surface area (Å²) in [6, 6.07) is 9.42. The molecule has 5 rings (SSSR count). The molecule has 0 radical (unpaired) electrons. The maximum absolute atomic E-state index is 12.8. The Morgan fingerprint density at radius 2 is 2.13 bits per heavy atom. The second-order valence-electron chi connectivity index (χ2n) is 7.67. The first-order chi connectivity index (χ1) is 15.0. The Morgan fingerprint density at radius 3 is 2.94 bits per heavy atom. The van der Waals surface area contributed by atoms with E-state index in [1.165, 1.54) is 0 Å². The highest BCUT2D eigenvalue weighted by atomic mass is 35.5. The van der Waals surface area contributed by atoms with Gasteiger partial charge in [0.15, 0.2) is 5.75 Å². The number of methoxy groups -OCH3 is 1. The van der Waals surface area contributed by atoms with Crippen LogP contribution in [0.25, 0.3) is 0 Å². The maximum Gasteiger partial charge on any atom is 0.257 e. The van der Waals surface area contributed by atoms with E-state index in [4.69, 9.17) is 26.1 Å². The molecule has 2 aliphatic heterocycles. The molecule has 0 fully saturated rings. The van der Waals surface area contributed by atoms with Gasteiger partial charge in [-0.15, -0.1) is 0 Å². The Balaban J connectivity index is 1.53. The number of nitrogens with zero attached hydrogens (tertiary/aromatic N) is 4. The van der Waals surface area contributed by atoms with Crippen LogP contribution in [0, 0.1) is 0 Å². The van der Waals surface area contributed by atoms with Gasteiger partial charge in [-0.05, 0) is 24.3 Å². The van der Waals surface area contributed by atoms with E-state index < -0.39 is 0 Å². The van der Waals surface area contributed by atoms with Crippen molar-refractivity contribution >= 4 is 28.9 Å². The van der Waals surface area contributed by atoms with E-state index >= 15 is 0 Å². The molecule has 160 valence electrons. The molecular weight excluding hydrogens is 418 g/mol. The number of amides is 1. The molecule has 3 aromatic rings. The lowest BCUT2D eigenvalue weighted by atomic mass is 10.1. The summed E-state index contributed by atoms with van der Waals surface area (Å²) in [4.78, 5) is 19.2. The van der Waals surface area contributed by atoms with Crippen LogP contribution in [-0.2, 0) is 30.9 Å². The van der Waals surface area contributed by atoms with Crippen molar-refractivity contribution in [2.24, 2.45) is 0 Å². The van der Waals surface area contributed by atoms with Crippen LogP contribution in [0.2, 0.25) is 5.02 Å². The third-order valence-corrected chi connectivity index (χ3v) is 5.81. The molecule has 1 amide bonds. The van der Waals surface area contributed by atoms with Gasteiger partial charge in [0.05, 0.1) is 72.5 Å². The number of carbonyl (C=O) groups is 1. The lowest BCUT2D eigenvalue weighted by Crippen LogP contribution is -2.18. The van der Waals surface area contributed by atoms with Crippen LogP contribution in [0.1, 0.15) is 33.1 Å². The minimum absolute atomic E-state index is 0.0628. The number of hydrogen-bond donors (Lipinski definition) is 1. The summed E-state index contributed by atoms with van der Waals surface area (Å²) in [7, 11) is 3.34. The molecule has 2 aliphatic rings. The molecule has 0 unspecified atom stereocenters. The third kappa shape index (κ3) is 3.62. The monoisotopic (exact) mass is 439 g/mol. The average molecular weight is 440 g/mol. The van der Waals surface area contributed by atoms with Gasteiger partial charge in [0.1, 0.15) is 0 Å². The molecule has 0 saturated carbocycles. The Kier molecular flexibility index (Phi) is 5.03. The van der Waals surface area contributed by atoms with E-state index in [1.807, 2.05) is 22.9 Å². The van der Waals surface area contributed by atoms with Gasteiger partial charge in [-0.1, -0.05) is 17.7 Å². The normalized spacial score (nSPS) is 15.1. The summed E-state index contributed by atoms with van der Waals surface area (Å²) in [5.74, 6) is 0.462. The number of rotatable bonds is 5. The number of para-hydroxylation sites is 1. The fourth-order valence-corrected chi connectivity index (χ4v) is 4.32. The number of benzene rings is 1. The Labute approximate surface area is 184 Å². The number of hydrogen-bond acceptors (Lipinski definition) is 6. The lowest BCUT2D eigenvalue weighted by Gasteiger charge is -2.15. The highest BCUT2D eigenvalue weighted by molar-refractivity contribution is 6.32. The number of anilines is 2. The van der Waals surface area contributed by atoms with Crippen molar-refractivity contribution in [3.8, 4) is 5.75 Å². The zero-order valence-corrected chi connectivity index (χ0v) is 18.1. The van der Waals surface area contributed by atoms with Gasteiger partial charge in [-0.2, -0.15) is 5.10 Å². The predicted octanol–water partition coefficient (Wildman–Crippen LogP) is 3.39. The van der Waals surface area contributed by atoms with Crippen molar-refractivity contribution in [1.82, 2.24) is 19.7 Å². The van der Waals surface area contributed by atoms with Gasteiger partial charge < -0.3 is 19.7 Å². The first-order valence-corrected chi connectivity index (χ1v) is 10.4. The minimum atomic E-state index is -0.0628. The Morgan fingerprint density at radius 1 is 1.26 bits per heavy atom. The Bertz CT molecular complexity index is 1150. The van der Waals surface area contributed by atoms with Crippen LogP contribution >= 0.6 is 11.6 Å². The molecule has 0 aliphatic carbocycles. The van der Waals surface area contributed by atoms with Crippen LogP contribution < -0.4 is 10.1 Å². The van der Waals surface area contributed by atoms with E-state index in [0.29, 0.717) is 53.9 Å². The highest BCUT2D eigenvalue weighted by Gasteiger charge is 2.30. The zero-order valence-electron chi connectivity index (χ0n) is 17.3. The number of fused-ring (bicyclic) bond motifs is 2. The molecule has 0 saturated heterocycles. The number of nitrogens with one attached hydrogen (secondary N) is 1. The van der Waals surface area contributed by atoms with Crippen LogP contribution in [0.4, 0.5) is 11.4 Å². The lowest BCUT2D eigenvalue weighted by molar-refractivity contribution is 0.0800. The van der Waals surface area contributed by atoms with Crippen molar-refractivity contribution in [2.45, 2.75) is 26.1 Å². The standard InChI is InChI=1S/C22H22ClN5O3/c1-27-11-19-20(22(27)29)18(25-17-5-3-4-16(23)21(17)30-2)10-13(24-19)8-14-9-15-12-31-7-6-28(15)26-14/h3-5,9-10H,6-8,11-12H2,1-2H3,(H,24,25). The topological polar surface area (TPSA) is 81.5 Å². The molecule has 1 aromatic carbocycles. The smallest absolute Gasteiger partial charge is 0.257 e. The predicted molar refractivity (Wildman–Crippen MR) is 116 cm³/mol. The van der Waals surface area contributed by atoms with Crippen LogP contribution in [-0.4, -0.2) is 46.3 Å². The molecule has 1 N–H and O–H groups in total. The Hall–Kier alpha value is -3.10. The molecule has 0 atom stereocenters. The molecular formula is C22H22ClN5O3. The number of ether oxygens (including phenoxy) is 2. The minimum Gasteiger partial charge on any atom is -0.493 e. The van der Waals surface area contributed by atoms with Crippen molar-refractivity contribution in [3.05, 3.63) is 63.7 Å². The average Bonchev–Trinajstić information content (AvgIpc) is 3.28. The summed E-state index contributed by atoms with van der Waals surface area (Å²) in [5.41, 5.74) is 5.53. The van der Waals surface area contributed by atoms with E-state index in [2.05, 4.69) is 16.5 Å². The molecule has 0 bridgehead atoms. The SMILES string of the molecule is COc1c(Cl)cccc1Nc1cc(Cc2cc3n(n2)CCOC3)nc2c1C(=O)N(C)C2. The van der Waals surface area contributed by atoms with E-state index in [-0.39, 0.29) is 5.91 Å². The van der Waals surface area contributed by atoms with Gasteiger partial charge in [0.2, 0.25) is 0 Å². The number of carbonyl (C=O) groups excluding carboxylic acids is 1. The largest absolute Gasteiger partial charge is 0.493 e. The van der Waals surface area contributed by atoms with Gasteiger partial charge in [-0.3, -0.25) is 14.5 Å². The summed E-state index contributed by atoms with van der Waals surface area (Å²) in [5, 5.41) is 8.52. The number of halogens is 1. The van der Waals surface area contributed by atoms with Gasteiger partial charge >= 0.3 is 0 Å². The van der Waals surface area contributed by atoms with Crippen LogP contribution in [0.5, 0.6) is 5.75 Å². The number of pyridine rings is 1. The quantitative estimate of drug-likeness (QED) is 0.656. The first-order valence-electron chi connectivity index (χ1n) is 10.0. The van der Waals surface area contributed by atoms with E-state index in [1.54, 1.807) is 25.1 Å². The van der Waals surface area contributed by atoms with E-state index in [0.717, 1.165) is 29.3 Å². The van der Waals surface area contributed by atoms with Crippen molar-refractivity contribution in [3.63, 3.8) is 0 Å². The first kappa shape index (κ1) is 19.8.